The summed E-state index contributed by atoms with van der Waals surface area (Å²) in [7, 11) is -8.20. The number of anilines is 1. The number of primary sulfonamides is 1. The lowest BCUT2D eigenvalue weighted by Gasteiger charge is -2.19. The van der Waals surface area contributed by atoms with Gasteiger partial charge in [0, 0.05) is 11.5 Å². The molecule has 0 aliphatic carbocycles. The number of nitrogens with zero attached hydrogens (tertiary/aromatic N) is 1. The third-order valence-corrected chi connectivity index (χ3v) is 8.13. The van der Waals surface area contributed by atoms with Crippen LogP contribution in [0.5, 0.6) is 0 Å². The summed E-state index contributed by atoms with van der Waals surface area (Å²) < 4.78 is 51.6. The van der Waals surface area contributed by atoms with Crippen molar-refractivity contribution in [3.8, 4) is 0 Å². The number of carboxylic acids is 1. The van der Waals surface area contributed by atoms with E-state index in [1.54, 1.807) is 0 Å². The van der Waals surface area contributed by atoms with Crippen LogP contribution in [0.3, 0.4) is 0 Å². The zero-order valence-corrected chi connectivity index (χ0v) is 21.0. The van der Waals surface area contributed by atoms with Gasteiger partial charge >= 0.3 is 5.97 Å². The Morgan fingerprint density at radius 2 is 1.88 bits per heavy atom. The minimum absolute atomic E-state index is 0.160. The van der Waals surface area contributed by atoms with Gasteiger partial charge in [0.15, 0.2) is 0 Å². The number of rotatable bonds is 7. The predicted octanol–water partition coefficient (Wildman–Crippen LogP) is 1.76. The Bertz CT molecular complexity index is 1250. The van der Waals surface area contributed by atoms with E-state index in [4.69, 9.17) is 27.6 Å². The number of hydrogen-bond donors (Lipinski definition) is 5. The van der Waals surface area contributed by atoms with E-state index in [1.165, 1.54) is 17.8 Å². The predicted molar refractivity (Wildman–Crippen MR) is 133 cm³/mol. The first-order chi connectivity index (χ1) is 15.3. The molecule has 0 fully saturated rings. The maximum Gasteiger partial charge on any atom is 0.321 e. The van der Waals surface area contributed by atoms with E-state index in [9.17, 15) is 21.6 Å². The van der Waals surface area contributed by atoms with Crippen molar-refractivity contribution in [1.29, 1.82) is 0 Å². The molecular weight excluding hydrogens is 532 g/mol. The van der Waals surface area contributed by atoms with Crippen LogP contribution in [0, 0.1) is 0 Å². The van der Waals surface area contributed by atoms with Crippen LogP contribution >= 0.6 is 36.0 Å². The quantitative estimate of drug-likeness (QED) is 0.319. The fraction of sp³-hybridized carbons (Fsp3) is 0.222. The summed E-state index contributed by atoms with van der Waals surface area (Å²) in [5.41, 5.74) is 6.22. The van der Waals surface area contributed by atoms with Crippen molar-refractivity contribution in [2.24, 2.45) is 15.3 Å². The summed E-state index contributed by atoms with van der Waals surface area (Å²) in [6.07, 6.45) is 0. The van der Waals surface area contributed by atoms with Gasteiger partial charge in [-0.05, 0) is 17.7 Å². The van der Waals surface area contributed by atoms with Gasteiger partial charge in [-0.25, -0.2) is 13.6 Å². The van der Waals surface area contributed by atoms with Gasteiger partial charge in [-0.1, -0.05) is 41.9 Å². The zero-order valence-electron chi connectivity index (χ0n) is 16.9. The topological polar surface area (TPSA) is 182 Å². The van der Waals surface area contributed by atoms with Crippen LogP contribution in [0.2, 0.25) is 5.02 Å². The SMILES string of the molecule is NC(CS)C(=O)O.NS(=O)(=O)c1cc2c(cc1Cl)NC(CSCc1ccccc1)=NS2(=O)=O. The van der Waals surface area contributed by atoms with Crippen LogP contribution in [0.4, 0.5) is 5.69 Å². The minimum atomic E-state index is -4.15. The number of sulfonamides is 2. The molecule has 1 unspecified atom stereocenters. The fourth-order valence-corrected chi connectivity index (χ4v) is 5.84. The first kappa shape index (κ1) is 27.4. The molecule has 1 aliphatic heterocycles. The number of aliphatic carboxylic acids is 1. The standard InChI is InChI=1S/C15H14ClN3O4S3.C3H7NO2S/c16-11-6-12-14(7-13(11)25(17,20)21)26(22,23)19-15(18-12)9-24-8-10-4-2-1-3-5-10;4-2(1-7)3(5)6/h1-7H,8-9H2,(H,18,19)(H2,17,20,21);2,7H,1,4H2,(H,5,6). The first-order valence-corrected chi connectivity index (χ1v) is 14.2. The van der Waals surface area contributed by atoms with Gasteiger partial charge in [0.2, 0.25) is 10.0 Å². The number of fused-ring (bicyclic) bond motifs is 1. The number of carbonyl (C=O) groups is 1. The van der Waals surface area contributed by atoms with E-state index in [-0.39, 0.29) is 27.2 Å². The maximum atomic E-state index is 12.4. The normalized spacial score (nSPS) is 15.2. The zero-order chi connectivity index (χ0) is 24.8. The van der Waals surface area contributed by atoms with E-state index in [1.807, 2.05) is 30.3 Å². The summed E-state index contributed by atoms with van der Waals surface area (Å²) in [6.45, 7) is 0. The summed E-state index contributed by atoms with van der Waals surface area (Å²) in [4.78, 5) is 9.02. The van der Waals surface area contributed by atoms with Crippen LogP contribution in [0.1, 0.15) is 5.56 Å². The highest BCUT2D eigenvalue weighted by molar-refractivity contribution is 7.99. The molecule has 3 rings (SSSR count). The van der Waals surface area contributed by atoms with Crippen LogP contribution < -0.4 is 16.2 Å². The third-order valence-electron chi connectivity index (χ3n) is 3.99. The fourth-order valence-electron chi connectivity index (χ4n) is 2.42. The van der Waals surface area contributed by atoms with Crippen molar-refractivity contribution in [2.45, 2.75) is 21.6 Å². The number of halogens is 1. The van der Waals surface area contributed by atoms with Gasteiger partial charge in [0.05, 0.1) is 16.5 Å². The second-order valence-corrected chi connectivity index (χ2v) is 11.4. The van der Waals surface area contributed by atoms with Crippen LogP contribution in [0.15, 0.2) is 56.7 Å². The maximum absolute atomic E-state index is 12.4. The van der Waals surface area contributed by atoms with Gasteiger partial charge < -0.3 is 16.2 Å². The van der Waals surface area contributed by atoms with Gasteiger partial charge in [0.25, 0.3) is 10.0 Å². The molecule has 0 amide bonds. The molecule has 0 saturated carbocycles. The van der Waals surface area contributed by atoms with Gasteiger partial charge in [-0.3, -0.25) is 4.79 Å². The highest BCUT2D eigenvalue weighted by atomic mass is 35.5. The van der Waals surface area contributed by atoms with E-state index in [0.717, 1.165) is 11.6 Å². The van der Waals surface area contributed by atoms with Crippen molar-refractivity contribution < 1.29 is 26.7 Å². The largest absolute Gasteiger partial charge is 0.480 e. The summed E-state index contributed by atoms with van der Waals surface area (Å²) in [5.74, 6) is 0.463. The lowest BCUT2D eigenvalue weighted by Crippen LogP contribution is -2.31. The number of nitrogens with one attached hydrogen (secondary N) is 1. The molecule has 1 aliphatic rings. The Balaban J connectivity index is 0.000000479. The van der Waals surface area contributed by atoms with Crippen molar-refractivity contribution in [3.63, 3.8) is 0 Å². The van der Waals surface area contributed by atoms with E-state index in [2.05, 4.69) is 22.3 Å². The number of amidine groups is 1. The van der Waals surface area contributed by atoms with E-state index >= 15 is 0 Å². The van der Waals surface area contributed by atoms with Gasteiger partial charge in [0.1, 0.15) is 21.7 Å². The number of thioether (sulfide) groups is 1. The molecule has 15 heteroatoms. The molecule has 1 atom stereocenters. The Morgan fingerprint density at radius 1 is 1.24 bits per heavy atom. The van der Waals surface area contributed by atoms with Crippen LogP contribution in [-0.4, -0.2) is 51.3 Å². The highest BCUT2D eigenvalue weighted by Gasteiger charge is 2.28. The Kier molecular flexibility index (Phi) is 9.60. The van der Waals surface area contributed by atoms with Crippen molar-refractivity contribution >= 4 is 73.5 Å². The second kappa shape index (κ2) is 11.6. The average Bonchev–Trinajstić information content (AvgIpc) is 2.72. The molecule has 0 bridgehead atoms. The molecule has 2 aromatic rings. The smallest absolute Gasteiger partial charge is 0.321 e. The molecule has 180 valence electrons. The molecule has 10 nitrogen and oxygen atoms in total. The van der Waals surface area contributed by atoms with E-state index in [0.29, 0.717) is 11.5 Å². The van der Waals surface area contributed by atoms with Crippen molar-refractivity contribution in [1.82, 2.24) is 0 Å². The number of carboxylic acid groups (broad SMARTS) is 1. The second-order valence-electron chi connectivity index (χ2n) is 6.57. The number of benzene rings is 2. The Hall–Kier alpha value is -1.81. The van der Waals surface area contributed by atoms with Crippen molar-refractivity contribution in [2.75, 3.05) is 16.8 Å². The molecule has 0 saturated heterocycles. The summed E-state index contributed by atoms with van der Waals surface area (Å²) in [6, 6.07) is 11.1. The van der Waals surface area contributed by atoms with Gasteiger partial charge in [-0.15, -0.1) is 16.2 Å². The van der Waals surface area contributed by atoms with Crippen LogP contribution in [0.25, 0.3) is 0 Å². The minimum Gasteiger partial charge on any atom is -0.480 e. The summed E-state index contributed by atoms with van der Waals surface area (Å²) >= 11 is 11.1. The number of thiol groups is 1. The summed E-state index contributed by atoms with van der Waals surface area (Å²) in [5, 5.41) is 15.8. The molecular formula is C18H21ClN4O6S4. The molecule has 0 aromatic heterocycles. The molecule has 6 N–H and O–H groups in total. The molecule has 1 heterocycles. The third kappa shape index (κ3) is 7.88. The molecule has 0 spiro atoms. The average molecular weight is 553 g/mol. The number of nitrogens with two attached hydrogens (primary N) is 2. The van der Waals surface area contributed by atoms with E-state index < -0.39 is 37.0 Å². The molecule has 2 aromatic carbocycles. The molecule has 33 heavy (non-hydrogen) atoms. The lowest BCUT2D eigenvalue weighted by molar-refractivity contribution is -0.137. The lowest BCUT2D eigenvalue weighted by atomic mass is 10.2. The highest BCUT2D eigenvalue weighted by Crippen LogP contribution is 2.34. The Labute approximate surface area is 206 Å². The monoisotopic (exact) mass is 552 g/mol. The number of hydrogen-bond acceptors (Lipinski definition) is 9. The van der Waals surface area contributed by atoms with Gasteiger partial charge in [-0.2, -0.15) is 21.0 Å². The van der Waals surface area contributed by atoms with Crippen LogP contribution in [-0.2, 0) is 30.6 Å². The first-order valence-electron chi connectivity index (χ1n) is 9.03. The van der Waals surface area contributed by atoms with Crippen molar-refractivity contribution in [3.05, 3.63) is 53.1 Å². The Morgan fingerprint density at radius 3 is 2.39 bits per heavy atom. The molecule has 0 radical (unpaired) electrons.